The zero-order valence-electron chi connectivity index (χ0n) is 11.6. The third kappa shape index (κ3) is 4.82. The van der Waals surface area contributed by atoms with E-state index >= 15 is 0 Å². The average molecular weight is 435 g/mol. The molecule has 1 atom stereocenters. The van der Waals surface area contributed by atoms with E-state index in [1.54, 1.807) is 25.1 Å². The summed E-state index contributed by atoms with van der Waals surface area (Å²) in [6.45, 7) is 1.32. The van der Waals surface area contributed by atoms with Crippen molar-refractivity contribution in [3.8, 4) is 0 Å². The first-order valence-corrected chi connectivity index (χ1v) is 9.03. The lowest BCUT2D eigenvalue weighted by molar-refractivity contribution is 0.182. The number of hydrogen-bond donors (Lipinski definition) is 1. The predicted molar refractivity (Wildman–Crippen MR) is 93.6 cm³/mol. The van der Waals surface area contributed by atoms with Crippen LogP contribution in [0.2, 0.25) is 0 Å². The van der Waals surface area contributed by atoms with Crippen LogP contribution in [-0.4, -0.2) is 29.3 Å². The molecule has 2 rings (SSSR count). The second-order valence-corrected chi connectivity index (χ2v) is 7.33. The smallest absolute Gasteiger partial charge is 0.0703 e. The Labute approximate surface area is 145 Å². The molecule has 0 fully saturated rings. The molecule has 0 saturated heterocycles. The molecule has 0 radical (unpaired) electrons. The third-order valence-electron chi connectivity index (χ3n) is 2.92. The summed E-state index contributed by atoms with van der Waals surface area (Å²) < 4.78 is 9.03. The number of ether oxygens (including phenoxy) is 1. The van der Waals surface area contributed by atoms with E-state index in [4.69, 9.17) is 10.5 Å². The number of halogens is 2. The van der Waals surface area contributed by atoms with E-state index in [-0.39, 0.29) is 6.04 Å². The van der Waals surface area contributed by atoms with Crippen LogP contribution in [-0.2, 0) is 11.3 Å². The summed E-state index contributed by atoms with van der Waals surface area (Å²) in [5.41, 5.74) is 7.34. The van der Waals surface area contributed by atoms with E-state index in [2.05, 4.69) is 49.1 Å². The van der Waals surface area contributed by atoms with Gasteiger partial charge in [-0.15, -0.1) is 11.8 Å². The van der Waals surface area contributed by atoms with E-state index in [9.17, 15) is 0 Å². The number of methoxy groups -OCH3 is 1. The maximum atomic E-state index is 6.33. The molecule has 1 aromatic heterocycles. The zero-order valence-corrected chi connectivity index (χ0v) is 15.6. The van der Waals surface area contributed by atoms with Crippen LogP contribution in [0.5, 0.6) is 0 Å². The van der Waals surface area contributed by atoms with Crippen LogP contribution < -0.4 is 5.73 Å². The highest BCUT2D eigenvalue weighted by atomic mass is 79.9. The van der Waals surface area contributed by atoms with Gasteiger partial charge in [0.1, 0.15) is 0 Å². The second-order valence-electron chi connectivity index (χ2n) is 4.47. The molecule has 0 saturated carbocycles. The van der Waals surface area contributed by atoms with Gasteiger partial charge in [-0.25, -0.2) is 0 Å². The number of benzene rings is 1. The Morgan fingerprint density at radius 2 is 2.24 bits per heavy atom. The van der Waals surface area contributed by atoms with Crippen molar-refractivity contribution in [1.29, 1.82) is 0 Å². The topological polar surface area (TPSA) is 53.1 Å². The normalized spacial score (nSPS) is 12.6. The Kier molecular flexibility index (Phi) is 6.75. The van der Waals surface area contributed by atoms with Gasteiger partial charge in [-0.1, -0.05) is 22.0 Å². The summed E-state index contributed by atoms with van der Waals surface area (Å²) in [5, 5.41) is 4.34. The zero-order chi connectivity index (χ0) is 15.2. The summed E-state index contributed by atoms with van der Waals surface area (Å²) in [7, 11) is 1.68. The van der Waals surface area contributed by atoms with Gasteiger partial charge in [-0.05, 0) is 34.1 Å². The van der Waals surface area contributed by atoms with Crippen molar-refractivity contribution < 1.29 is 4.74 Å². The Hall–Kier alpha value is -0.340. The predicted octanol–water partition coefficient (Wildman–Crippen LogP) is 3.85. The van der Waals surface area contributed by atoms with E-state index in [1.807, 2.05) is 16.8 Å². The maximum Gasteiger partial charge on any atom is 0.0703 e. The third-order valence-corrected chi connectivity index (χ3v) is 5.13. The van der Waals surface area contributed by atoms with Crippen molar-refractivity contribution >= 4 is 43.6 Å². The average Bonchev–Trinajstić information content (AvgIpc) is 2.83. The molecule has 7 heteroatoms. The van der Waals surface area contributed by atoms with Crippen LogP contribution in [0.1, 0.15) is 11.7 Å². The first-order chi connectivity index (χ1) is 10.1. The van der Waals surface area contributed by atoms with Crippen molar-refractivity contribution in [2.45, 2.75) is 17.5 Å². The first kappa shape index (κ1) is 17.0. The summed E-state index contributed by atoms with van der Waals surface area (Å²) >= 11 is 8.74. The number of nitrogens with two attached hydrogens (primary N) is 1. The van der Waals surface area contributed by atoms with Crippen molar-refractivity contribution in [2.24, 2.45) is 5.73 Å². The van der Waals surface area contributed by atoms with Crippen LogP contribution >= 0.6 is 43.6 Å². The van der Waals surface area contributed by atoms with E-state index in [0.29, 0.717) is 13.2 Å². The molecular formula is C14H17Br2N3OS. The molecule has 21 heavy (non-hydrogen) atoms. The van der Waals surface area contributed by atoms with Gasteiger partial charge in [0, 0.05) is 22.2 Å². The Bertz CT molecular complexity index is 591. The summed E-state index contributed by atoms with van der Waals surface area (Å²) in [4.78, 5) is 1.19. The van der Waals surface area contributed by atoms with Crippen LogP contribution in [0, 0.1) is 0 Å². The molecule has 0 aliphatic carbocycles. The Morgan fingerprint density at radius 3 is 2.95 bits per heavy atom. The lowest BCUT2D eigenvalue weighted by Gasteiger charge is -2.15. The number of hydrogen-bond acceptors (Lipinski definition) is 4. The molecule has 2 N–H and O–H groups in total. The summed E-state index contributed by atoms with van der Waals surface area (Å²) in [5.74, 6) is 0.785. The summed E-state index contributed by atoms with van der Waals surface area (Å²) in [6.07, 6.45) is 1.79. The van der Waals surface area contributed by atoms with E-state index in [1.165, 1.54) is 4.90 Å². The number of thioether (sulfide) groups is 1. The van der Waals surface area contributed by atoms with Gasteiger partial charge in [-0.2, -0.15) is 5.10 Å². The van der Waals surface area contributed by atoms with Crippen LogP contribution in [0.25, 0.3) is 0 Å². The van der Waals surface area contributed by atoms with Crippen molar-refractivity contribution in [2.75, 3.05) is 19.5 Å². The largest absolute Gasteiger partial charge is 0.383 e. The van der Waals surface area contributed by atoms with Gasteiger partial charge in [0.25, 0.3) is 0 Å². The SMILES string of the molecule is COCCn1ncc(Br)c1C(N)CSc1cccc(Br)c1. The van der Waals surface area contributed by atoms with Crippen molar-refractivity contribution in [3.05, 3.63) is 45.1 Å². The molecule has 1 aromatic carbocycles. The van der Waals surface area contributed by atoms with Crippen molar-refractivity contribution in [1.82, 2.24) is 9.78 Å². The number of aromatic nitrogens is 2. The van der Waals surface area contributed by atoms with Crippen LogP contribution in [0.15, 0.2) is 44.3 Å². The van der Waals surface area contributed by atoms with Gasteiger partial charge in [0.05, 0.1) is 35.6 Å². The summed E-state index contributed by atoms with van der Waals surface area (Å²) in [6, 6.07) is 8.12. The van der Waals surface area contributed by atoms with Crippen LogP contribution in [0.3, 0.4) is 0 Å². The monoisotopic (exact) mass is 433 g/mol. The van der Waals surface area contributed by atoms with E-state index < -0.39 is 0 Å². The van der Waals surface area contributed by atoms with Gasteiger partial charge >= 0.3 is 0 Å². The molecule has 4 nitrogen and oxygen atoms in total. The fraction of sp³-hybridized carbons (Fsp3) is 0.357. The van der Waals surface area contributed by atoms with Crippen molar-refractivity contribution in [3.63, 3.8) is 0 Å². The van der Waals surface area contributed by atoms with Gasteiger partial charge in [0.15, 0.2) is 0 Å². The minimum atomic E-state index is -0.0947. The fourth-order valence-electron chi connectivity index (χ4n) is 1.92. The highest BCUT2D eigenvalue weighted by Gasteiger charge is 2.16. The molecule has 0 aliphatic heterocycles. The maximum absolute atomic E-state index is 6.33. The lowest BCUT2D eigenvalue weighted by atomic mass is 10.2. The quantitative estimate of drug-likeness (QED) is 0.672. The minimum Gasteiger partial charge on any atom is -0.383 e. The first-order valence-electron chi connectivity index (χ1n) is 6.46. The molecule has 1 heterocycles. The Morgan fingerprint density at radius 1 is 1.43 bits per heavy atom. The molecule has 0 aliphatic rings. The molecule has 1 unspecified atom stereocenters. The molecule has 114 valence electrons. The standard InChI is InChI=1S/C14H17Br2N3OS/c1-20-6-5-19-14(12(16)8-18-19)13(17)9-21-11-4-2-3-10(15)7-11/h2-4,7-8,13H,5-6,9,17H2,1H3. The molecular weight excluding hydrogens is 418 g/mol. The second kappa shape index (κ2) is 8.33. The van der Waals surface area contributed by atoms with E-state index in [0.717, 1.165) is 20.4 Å². The number of nitrogens with zero attached hydrogens (tertiary/aromatic N) is 2. The lowest BCUT2D eigenvalue weighted by Crippen LogP contribution is -2.20. The minimum absolute atomic E-state index is 0.0947. The highest BCUT2D eigenvalue weighted by molar-refractivity contribution is 9.10. The van der Waals surface area contributed by atoms with Gasteiger partial charge in [0.2, 0.25) is 0 Å². The molecule has 0 spiro atoms. The molecule has 2 aromatic rings. The van der Waals surface area contributed by atoms with Gasteiger partial charge < -0.3 is 10.5 Å². The highest BCUT2D eigenvalue weighted by Crippen LogP contribution is 2.28. The molecule has 0 amide bonds. The van der Waals surface area contributed by atoms with Crippen LogP contribution in [0.4, 0.5) is 0 Å². The molecule has 0 bridgehead atoms. The fourth-order valence-corrected chi connectivity index (χ4v) is 3.97. The Balaban J connectivity index is 2.02. The number of rotatable bonds is 7. The van der Waals surface area contributed by atoms with Gasteiger partial charge in [-0.3, -0.25) is 4.68 Å².